The van der Waals surface area contributed by atoms with Crippen LogP contribution in [0.1, 0.15) is 54.9 Å². The van der Waals surface area contributed by atoms with Crippen molar-refractivity contribution < 1.29 is 14.3 Å². The van der Waals surface area contributed by atoms with Gasteiger partial charge >= 0.3 is 5.97 Å². The van der Waals surface area contributed by atoms with Crippen LogP contribution in [0.4, 0.5) is 5.69 Å². The molecule has 0 saturated carbocycles. The Morgan fingerprint density at radius 1 is 1.14 bits per heavy atom. The van der Waals surface area contributed by atoms with Gasteiger partial charge in [-0.3, -0.25) is 9.59 Å². The summed E-state index contributed by atoms with van der Waals surface area (Å²) >= 11 is 0. The number of likely N-dealkylation sites (N-methyl/N-ethyl adjacent to an activating group) is 1. The van der Waals surface area contributed by atoms with Crippen LogP contribution in [0.25, 0.3) is 0 Å². The van der Waals surface area contributed by atoms with Gasteiger partial charge in [0, 0.05) is 24.2 Å². The van der Waals surface area contributed by atoms with Crippen molar-refractivity contribution in [1.29, 1.82) is 0 Å². The topological polar surface area (TPSA) is 58.6 Å². The molecule has 1 heterocycles. The molecule has 28 heavy (non-hydrogen) atoms. The van der Waals surface area contributed by atoms with Gasteiger partial charge in [-0.05, 0) is 68.2 Å². The zero-order valence-corrected chi connectivity index (χ0v) is 16.8. The molecule has 1 fully saturated rings. The average Bonchev–Trinajstić information content (AvgIpc) is 2.68. The van der Waals surface area contributed by atoms with Crippen molar-refractivity contribution in [1.82, 2.24) is 4.90 Å². The molecule has 0 aliphatic carbocycles. The first-order valence-electron chi connectivity index (χ1n) is 9.84. The number of ether oxygens (including phenoxy) is 1. The fourth-order valence-electron chi connectivity index (χ4n) is 4.01. The fourth-order valence-corrected chi connectivity index (χ4v) is 4.01. The van der Waals surface area contributed by atoms with Crippen molar-refractivity contribution in [3.05, 3.63) is 59.7 Å². The van der Waals surface area contributed by atoms with Gasteiger partial charge in [-0.15, -0.1) is 0 Å². The van der Waals surface area contributed by atoms with E-state index < -0.39 is 0 Å². The van der Waals surface area contributed by atoms with E-state index in [0.29, 0.717) is 17.4 Å². The molecule has 148 valence electrons. The van der Waals surface area contributed by atoms with Crippen LogP contribution in [0.15, 0.2) is 48.5 Å². The number of para-hydroxylation sites is 1. The molecule has 2 atom stereocenters. The van der Waals surface area contributed by atoms with Gasteiger partial charge in [0.25, 0.3) is 5.91 Å². The predicted molar refractivity (Wildman–Crippen MR) is 111 cm³/mol. The molecule has 0 bridgehead atoms. The van der Waals surface area contributed by atoms with E-state index in [9.17, 15) is 9.59 Å². The minimum Gasteiger partial charge on any atom is -0.427 e. The van der Waals surface area contributed by atoms with E-state index >= 15 is 0 Å². The highest BCUT2D eigenvalue weighted by molar-refractivity contribution is 6.05. The lowest BCUT2D eigenvalue weighted by atomic mass is 9.84. The Balaban J connectivity index is 1.93. The summed E-state index contributed by atoms with van der Waals surface area (Å²) in [5, 5.41) is 2.97. The van der Waals surface area contributed by atoms with Gasteiger partial charge < -0.3 is 15.0 Å². The van der Waals surface area contributed by atoms with Crippen LogP contribution in [0.2, 0.25) is 0 Å². The number of benzene rings is 2. The molecule has 5 heteroatoms. The Morgan fingerprint density at radius 2 is 1.89 bits per heavy atom. The summed E-state index contributed by atoms with van der Waals surface area (Å²) in [6, 6.07) is 15.0. The van der Waals surface area contributed by atoms with Crippen LogP contribution in [-0.2, 0) is 4.79 Å². The molecule has 0 radical (unpaired) electrons. The maximum atomic E-state index is 13.0. The van der Waals surface area contributed by atoms with Crippen LogP contribution in [-0.4, -0.2) is 36.4 Å². The van der Waals surface area contributed by atoms with Crippen LogP contribution in [0.3, 0.4) is 0 Å². The van der Waals surface area contributed by atoms with Crippen molar-refractivity contribution in [2.24, 2.45) is 0 Å². The van der Waals surface area contributed by atoms with Gasteiger partial charge in [0.1, 0.15) is 5.75 Å². The summed E-state index contributed by atoms with van der Waals surface area (Å²) < 4.78 is 5.29. The zero-order chi connectivity index (χ0) is 20.1. The van der Waals surface area contributed by atoms with E-state index in [1.54, 1.807) is 12.1 Å². The zero-order valence-electron chi connectivity index (χ0n) is 16.8. The molecule has 0 spiro atoms. The summed E-state index contributed by atoms with van der Waals surface area (Å²) in [4.78, 5) is 26.8. The highest BCUT2D eigenvalue weighted by Crippen LogP contribution is 2.33. The molecule has 2 aromatic rings. The smallest absolute Gasteiger partial charge is 0.308 e. The summed E-state index contributed by atoms with van der Waals surface area (Å²) in [7, 11) is 2.14. The summed E-state index contributed by atoms with van der Waals surface area (Å²) in [6.07, 6.45) is 3.48. The van der Waals surface area contributed by atoms with E-state index in [-0.39, 0.29) is 17.8 Å². The van der Waals surface area contributed by atoms with Crippen LogP contribution < -0.4 is 10.1 Å². The van der Waals surface area contributed by atoms with E-state index in [1.807, 2.05) is 36.4 Å². The third-order valence-electron chi connectivity index (χ3n) is 5.46. The number of carbonyl (C=O) groups is 2. The highest BCUT2D eigenvalue weighted by atomic mass is 16.5. The average molecular weight is 380 g/mol. The summed E-state index contributed by atoms with van der Waals surface area (Å²) in [6.45, 7) is 4.59. The molecule has 2 unspecified atom stereocenters. The largest absolute Gasteiger partial charge is 0.427 e. The molecular weight excluding hydrogens is 352 g/mol. The van der Waals surface area contributed by atoms with Crippen molar-refractivity contribution in [3.8, 4) is 5.75 Å². The second-order valence-corrected chi connectivity index (χ2v) is 7.50. The number of anilines is 1. The van der Waals surface area contributed by atoms with Gasteiger partial charge in [-0.1, -0.05) is 31.5 Å². The quantitative estimate of drug-likeness (QED) is 0.615. The van der Waals surface area contributed by atoms with Gasteiger partial charge in [0.15, 0.2) is 0 Å². The maximum Gasteiger partial charge on any atom is 0.308 e. The van der Waals surface area contributed by atoms with Crippen LogP contribution >= 0.6 is 0 Å². The molecule has 1 aliphatic heterocycles. The number of nitrogens with one attached hydrogen (secondary N) is 1. The number of amides is 1. The minimum atomic E-state index is -0.366. The lowest BCUT2D eigenvalue weighted by Crippen LogP contribution is -2.40. The van der Waals surface area contributed by atoms with Crippen molar-refractivity contribution in [3.63, 3.8) is 0 Å². The third kappa shape index (κ3) is 4.78. The molecule has 0 aromatic heterocycles. The summed E-state index contributed by atoms with van der Waals surface area (Å²) in [5.74, 6) is 0.0946. The second-order valence-electron chi connectivity index (χ2n) is 7.50. The number of rotatable bonds is 5. The molecular formula is C23H28N2O3. The maximum absolute atomic E-state index is 13.0. The monoisotopic (exact) mass is 380 g/mol. The lowest BCUT2D eigenvalue weighted by molar-refractivity contribution is -0.131. The number of carbonyl (C=O) groups excluding carboxylic acids is 2. The van der Waals surface area contributed by atoms with E-state index in [2.05, 4.69) is 24.2 Å². The summed E-state index contributed by atoms with van der Waals surface area (Å²) in [5.41, 5.74) is 2.28. The third-order valence-corrected chi connectivity index (χ3v) is 5.46. The minimum absolute atomic E-state index is 0.136. The van der Waals surface area contributed by atoms with E-state index in [1.165, 1.54) is 19.8 Å². The standard InChI is InChI=1S/C23H28N2O3/c1-16(22-11-7-8-14-25(22)3)21-15-19(28-17(2)26)12-13-20(21)23(27)24-18-9-5-4-6-10-18/h4-6,9-10,12-13,15-16,22H,7-8,11,14H2,1-3H3,(H,24,27). The van der Waals surface area contributed by atoms with Gasteiger partial charge in [-0.25, -0.2) is 0 Å². The van der Waals surface area contributed by atoms with Gasteiger partial charge in [0.05, 0.1) is 0 Å². The normalized spacial score (nSPS) is 18.3. The molecule has 2 aromatic carbocycles. The number of hydrogen-bond acceptors (Lipinski definition) is 4. The molecule has 3 rings (SSSR count). The molecule has 1 N–H and O–H groups in total. The first kappa shape index (κ1) is 20.1. The highest BCUT2D eigenvalue weighted by Gasteiger charge is 2.29. The molecule has 1 aliphatic rings. The number of nitrogens with zero attached hydrogens (tertiary/aromatic N) is 1. The lowest BCUT2D eigenvalue weighted by Gasteiger charge is -2.37. The Kier molecular flexibility index (Phi) is 6.47. The van der Waals surface area contributed by atoms with Gasteiger partial charge in [0.2, 0.25) is 0 Å². The Labute approximate surface area is 166 Å². The number of likely N-dealkylation sites (tertiary alicyclic amines) is 1. The Bertz CT molecular complexity index is 835. The first-order chi connectivity index (χ1) is 13.5. The van der Waals surface area contributed by atoms with Crippen molar-refractivity contribution in [2.75, 3.05) is 18.9 Å². The molecule has 1 amide bonds. The first-order valence-corrected chi connectivity index (χ1v) is 9.84. The van der Waals surface area contributed by atoms with Crippen molar-refractivity contribution in [2.45, 2.75) is 45.1 Å². The predicted octanol–water partition coefficient (Wildman–Crippen LogP) is 4.45. The Morgan fingerprint density at radius 3 is 2.57 bits per heavy atom. The van der Waals surface area contributed by atoms with Crippen LogP contribution in [0, 0.1) is 0 Å². The second kappa shape index (κ2) is 9.02. The van der Waals surface area contributed by atoms with Crippen molar-refractivity contribution >= 4 is 17.6 Å². The van der Waals surface area contributed by atoms with E-state index in [0.717, 1.165) is 24.2 Å². The fraction of sp³-hybridized carbons (Fsp3) is 0.391. The number of esters is 1. The molecule has 1 saturated heterocycles. The number of hydrogen-bond donors (Lipinski definition) is 1. The van der Waals surface area contributed by atoms with E-state index in [4.69, 9.17) is 4.74 Å². The molecule has 5 nitrogen and oxygen atoms in total. The Hall–Kier alpha value is -2.66. The van der Waals surface area contributed by atoms with Crippen LogP contribution in [0.5, 0.6) is 5.75 Å². The van der Waals surface area contributed by atoms with Gasteiger partial charge in [-0.2, -0.15) is 0 Å². The number of piperidine rings is 1. The SMILES string of the molecule is CC(=O)Oc1ccc(C(=O)Nc2ccccc2)c(C(C)C2CCCCN2C)c1.